The number of benzene rings is 4. The minimum absolute atomic E-state index is 0.201. The molecular formula is C33H28ClN3O2S. The van der Waals surface area contributed by atoms with Gasteiger partial charge in [0.1, 0.15) is 5.01 Å². The number of thiazole rings is 1. The van der Waals surface area contributed by atoms with Crippen LogP contribution in [0, 0.1) is 13.8 Å². The van der Waals surface area contributed by atoms with Gasteiger partial charge in [0.15, 0.2) is 0 Å². The predicted molar refractivity (Wildman–Crippen MR) is 164 cm³/mol. The van der Waals surface area contributed by atoms with Gasteiger partial charge in [0.2, 0.25) is 0 Å². The highest BCUT2D eigenvalue weighted by Gasteiger charge is 2.21. The van der Waals surface area contributed by atoms with Crippen molar-refractivity contribution in [3.8, 4) is 21.7 Å². The summed E-state index contributed by atoms with van der Waals surface area (Å²) in [6.07, 6.45) is 0.201. The van der Waals surface area contributed by atoms with Gasteiger partial charge in [-0.3, -0.25) is 9.48 Å². The summed E-state index contributed by atoms with van der Waals surface area (Å²) in [6, 6.07) is 26.7. The second-order valence-electron chi connectivity index (χ2n) is 9.86. The topological polar surface area (TPSA) is 57.0 Å². The van der Waals surface area contributed by atoms with Gasteiger partial charge in [-0.05, 0) is 79.4 Å². The minimum Gasteiger partial charge on any atom is -0.466 e. The third-order valence-electron chi connectivity index (χ3n) is 7.13. The number of carbonyl (C=O) groups excluding carboxylic acids is 1. The van der Waals surface area contributed by atoms with E-state index in [0.29, 0.717) is 11.6 Å². The molecule has 0 fully saturated rings. The van der Waals surface area contributed by atoms with Crippen LogP contribution in [0.2, 0.25) is 5.02 Å². The maximum absolute atomic E-state index is 12.6. The van der Waals surface area contributed by atoms with Crippen LogP contribution in [0.15, 0.2) is 78.9 Å². The highest BCUT2D eigenvalue weighted by atomic mass is 35.5. The van der Waals surface area contributed by atoms with Crippen molar-refractivity contribution < 1.29 is 9.53 Å². The van der Waals surface area contributed by atoms with Crippen molar-refractivity contribution >= 4 is 50.0 Å². The van der Waals surface area contributed by atoms with Crippen molar-refractivity contribution in [2.75, 3.05) is 6.61 Å². The first-order valence-electron chi connectivity index (χ1n) is 13.3. The van der Waals surface area contributed by atoms with E-state index in [9.17, 15) is 4.79 Å². The Bertz CT molecular complexity index is 1860. The summed E-state index contributed by atoms with van der Waals surface area (Å²) < 4.78 is 8.41. The molecule has 0 saturated carbocycles. The maximum atomic E-state index is 12.6. The molecule has 6 aromatic rings. The van der Waals surface area contributed by atoms with Crippen molar-refractivity contribution in [2.24, 2.45) is 0 Å². The summed E-state index contributed by atoms with van der Waals surface area (Å²) in [7, 11) is 0. The highest BCUT2D eigenvalue weighted by molar-refractivity contribution is 7.22. The van der Waals surface area contributed by atoms with Crippen molar-refractivity contribution in [3.63, 3.8) is 0 Å². The zero-order valence-electron chi connectivity index (χ0n) is 22.6. The SMILES string of the molecule is CCOC(=O)Cc1c(C)cc2nc(-c3ccc4c(c3)c(C)nn4Cc3ccccc3)sc2c1-c1ccc(Cl)cc1. The van der Waals surface area contributed by atoms with Crippen molar-refractivity contribution in [2.45, 2.75) is 33.7 Å². The molecule has 0 aliphatic heterocycles. The molecule has 0 atom stereocenters. The molecule has 2 heterocycles. The van der Waals surface area contributed by atoms with Crippen LogP contribution in [0.1, 0.15) is 29.3 Å². The summed E-state index contributed by atoms with van der Waals surface area (Å²) >= 11 is 7.85. The van der Waals surface area contributed by atoms with E-state index in [1.54, 1.807) is 11.3 Å². The van der Waals surface area contributed by atoms with Crippen molar-refractivity contribution in [1.29, 1.82) is 0 Å². The second kappa shape index (κ2) is 10.9. The summed E-state index contributed by atoms with van der Waals surface area (Å²) in [5.41, 5.74) is 9.23. The predicted octanol–water partition coefficient (Wildman–Crippen LogP) is 8.40. The number of carbonyl (C=O) groups is 1. The molecule has 0 saturated heterocycles. The van der Waals surface area contributed by atoms with E-state index >= 15 is 0 Å². The van der Waals surface area contributed by atoms with Gasteiger partial charge in [-0.2, -0.15) is 5.10 Å². The number of aryl methyl sites for hydroxylation is 2. The van der Waals surface area contributed by atoms with E-state index < -0.39 is 0 Å². The molecule has 0 aliphatic rings. The fourth-order valence-electron chi connectivity index (χ4n) is 5.21. The van der Waals surface area contributed by atoms with Gasteiger partial charge in [-0.1, -0.05) is 54.1 Å². The van der Waals surface area contributed by atoms with Crippen LogP contribution in [-0.4, -0.2) is 27.3 Å². The number of nitrogens with zero attached hydrogens (tertiary/aromatic N) is 3. The molecule has 7 heteroatoms. The molecular weight excluding hydrogens is 538 g/mol. The van der Waals surface area contributed by atoms with Crippen LogP contribution in [0.25, 0.3) is 42.8 Å². The van der Waals surface area contributed by atoms with Crippen molar-refractivity contribution in [1.82, 2.24) is 14.8 Å². The Hall–Kier alpha value is -4.00. The zero-order valence-corrected chi connectivity index (χ0v) is 24.1. The normalized spacial score (nSPS) is 11.4. The van der Waals surface area contributed by atoms with Gasteiger partial charge in [0.25, 0.3) is 0 Å². The lowest BCUT2D eigenvalue weighted by Crippen LogP contribution is -2.09. The summed E-state index contributed by atoms with van der Waals surface area (Å²) in [6.45, 7) is 6.98. The Morgan fingerprint density at radius 3 is 2.48 bits per heavy atom. The number of rotatable bonds is 7. The first-order chi connectivity index (χ1) is 19.4. The van der Waals surface area contributed by atoms with Gasteiger partial charge in [-0.15, -0.1) is 11.3 Å². The van der Waals surface area contributed by atoms with Crippen LogP contribution in [-0.2, 0) is 22.5 Å². The summed E-state index contributed by atoms with van der Waals surface area (Å²) in [4.78, 5) is 17.6. The molecule has 0 amide bonds. The lowest BCUT2D eigenvalue weighted by molar-refractivity contribution is -0.142. The lowest BCUT2D eigenvalue weighted by atomic mass is 9.93. The van der Waals surface area contributed by atoms with Gasteiger partial charge >= 0.3 is 5.97 Å². The van der Waals surface area contributed by atoms with Crippen LogP contribution >= 0.6 is 22.9 Å². The van der Waals surface area contributed by atoms with E-state index in [0.717, 1.165) is 66.2 Å². The van der Waals surface area contributed by atoms with E-state index in [1.165, 1.54) is 5.56 Å². The lowest BCUT2D eigenvalue weighted by Gasteiger charge is -2.14. The number of fused-ring (bicyclic) bond motifs is 2. The Morgan fingerprint density at radius 1 is 0.975 bits per heavy atom. The van der Waals surface area contributed by atoms with Crippen molar-refractivity contribution in [3.05, 3.63) is 106 Å². The number of ether oxygens (including phenoxy) is 1. The molecule has 0 bridgehead atoms. The largest absolute Gasteiger partial charge is 0.466 e. The standard InChI is InChI=1S/C33H28ClN3O2S/c1-4-39-30(38)18-26-20(2)16-28-32(31(26)23-10-13-25(34)14-11-23)40-33(35-28)24-12-15-29-27(17-24)21(3)36-37(29)19-22-8-6-5-7-9-22/h5-17H,4,18-19H2,1-3H3. The number of esters is 1. The average Bonchev–Trinajstić information content (AvgIpc) is 3.50. The minimum atomic E-state index is -0.238. The maximum Gasteiger partial charge on any atom is 0.310 e. The van der Waals surface area contributed by atoms with Gasteiger partial charge in [0, 0.05) is 21.5 Å². The molecule has 6 rings (SSSR count). The molecule has 4 aromatic carbocycles. The Morgan fingerprint density at radius 2 is 1.73 bits per heavy atom. The van der Waals surface area contributed by atoms with Crippen LogP contribution < -0.4 is 0 Å². The molecule has 0 spiro atoms. The van der Waals surface area contributed by atoms with E-state index in [1.807, 2.05) is 44.2 Å². The Kier molecular flexibility index (Phi) is 7.13. The highest BCUT2D eigenvalue weighted by Crippen LogP contribution is 2.41. The van der Waals surface area contributed by atoms with E-state index in [2.05, 4.69) is 60.1 Å². The smallest absolute Gasteiger partial charge is 0.310 e. The number of halogens is 1. The van der Waals surface area contributed by atoms with Gasteiger partial charge < -0.3 is 4.74 Å². The Labute approximate surface area is 242 Å². The Balaban J connectivity index is 1.46. The quantitative estimate of drug-likeness (QED) is 0.182. The van der Waals surface area contributed by atoms with Gasteiger partial charge in [-0.25, -0.2) is 4.98 Å². The van der Waals surface area contributed by atoms with E-state index in [4.69, 9.17) is 26.4 Å². The van der Waals surface area contributed by atoms with E-state index in [-0.39, 0.29) is 12.4 Å². The third kappa shape index (κ3) is 5.01. The third-order valence-corrected chi connectivity index (χ3v) is 8.52. The molecule has 2 aromatic heterocycles. The molecule has 40 heavy (non-hydrogen) atoms. The number of hydrogen-bond donors (Lipinski definition) is 0. The molecule has 0 N–H and O–H groups in total. The fraction of sp³-hybridized carbons (Fsp3) is 0.182. The van der Waals surface area contributed by atoms with Gasteiger partial charge in [0.05, 0.1) is 41.0 Å². The first kappa shape index (κ1) is 26.2. The monoisotopic (exact) mass is 565 g/mol. The number of aromatic nitrogens is 3. The van der Waals surface area contributed by atoms with Crippen LogP contribution in [0.4, 0.5) is 0 Å². The fourth-order valence-corrected chi connectivity index (χ4v) is 6.47. The summed E-state index contributed by atoms with van der Waals surface area (Å²) in [5, 5.41) is 7.54. The number of hydrogen-bond acceptors (Lipinski definition) is 5. The molecule has 200 valence electrons. The second-order valence-corrected chi connectivity index (χ2v) is 11.3. The van der Waals surface area contributed by atoms with Crippen LogP contribution in [0.5, 0.6) is 0 Å². The first-order valence-corrected chi connectivity index (χ1v) is 14.5. The molecule has 0 aliphatic carbocycles. The zero-order chi connectivity index (χ0) is 27.8. The van der Waals surface area contributed by atoms with Crippen LogP contribution in [0.3, 0.4) is 0 Å². The molecule has 5 nitrogen and oxygen atoms in total. The summed E-state index contributed by atoms with van der Waals surface area (Å²) in [5.74, 6) is -0.238. The average molecular weight is 566 g/mol. The molecule has 0 unspecified atom stereocenters. The molecule has 0 radical (unpaired) electrons.